The molecule has 5 nitrogen and oxygen atoms in total. The van der Waals surface area contributed by atoms with Gasteiger partial charge >= 0.3 is 0 Å². The van der Waals surface area contributed by atoms with Crippen LogP contribution in [-0.4, -0.2) is 19.9 Å². The lowest BCUT2D eigenvalue weighted by molar-refractivity contribution is 1.28. The molecule has 0 fully saturated rings. The molecule has 0 amide bonds. The first-order valence-corrected chi connectivity index (χ1v) is 27.3. The molecule has 2 heterocycles. The largest absolute Gasteiger partial charge is 0.311 e. The van der Waals surface area contributed by atoms with Crippen LogP contribution in [0.4, 0.5) is 17.1 Å². The van der Waals surface area contributed by atoms with Gasteiger partial charge in [-0.3, -0.25) is 0 Å². The summed E-state index contributed by atoms with van der Waals surface area (Å²) in [5.41, 5.74) is 25.5. The Hall–Kier alpha value is -10.9. The maximum absolute atomic E-state index is 5.23. The fraction of sp³-hybridized carbons (Fsp3) is 0. The van der Waals surface area contributed by atoms with E-state index in [0.29, 0.717) is 0 Å². The van der Waals surface area contributed by atoms with Crippen LogP contribution in [0.5, 0.6) is 0 Å². The van der Waals surface area contributed by atoms with Crippen molar-refractivity contribution in [1.82, 2.24) is 19.9 Å². The van der Waals surface area contributed by atoms with Crippen molar-refractivity contribution in [3.05, 3.63) is 309 Å². The number of nitrogens with zero attached hydrogens (tertiary/aromatic N) is 5. The van der Waals surface area contributed by atoms with Gasteiger partial charge < -0.3 is 4.90 Å². The highest BCUT2D eigenvalue weighted by molar-refractivity contribution is 5.90. The molecule has 0 aliphatic heterocycles. The van der Waals surface area contributed by atoms with Gasteiger partial charge in [0.2, 0.25) is 0 Å². The lowest BCUT2D eigenvalue weighted by Gasteiger charge is -2.26. The zero-order valence-electron chi connectivity index (χ0n) is 44.2. The minimum absolute atomic E-state index is 0.851. The third-order valence-corrected chi connectivity index (χ3v) is 15.1. The molecule has 0 atom stereocenters. The second-order valence-electron chi connectivity index (χ2n) is 20.2. The second kappa shape index (κ2) is 21.5. The SMILES string of the molecule is c1ccc(-c2ccc(N(c3ccc(-c4ccc(-c5nc6ccccc6nc5-c5cccc(-c6ccccc6)c5)cc4)cc3)c3ccc(-c4ccc(-c5nc6ccccc6nc5-c5cccc(-c6ccccc6)c5)cc4)cc3)cc2)cc1. The van der Waals surface area contributed by atoms with Crippen molar-refractivity contribution >= 4 is 39.1 Å². The average Bonchev–Trinajstić information content (AvgIpc) is 3.59. The fourth-order valence-corrected chi connectivity index (χ4v) is 10.9. The molecule has 14 aromatic rings. The molecule has 0 radical (unpaired) electrons. The van der Waals surface area contributed by atoms with E-state index in [1.54, 1.807) is 0 Å². The Morgan fingerprint density at radius 3 is 0.679 bits per heavy atom. The van der Waals surface area contributed by atoms with Gasteiger partial charge in [0.25, 0.3) is 0 Å². The lowest BCUT2D eigenvalue weighted by atomic mass is 9.97. The summed E-state index contributed by atoms with van der Waals surface area (Å²) >= 11 is 0. The summed E-state index contributed by atoms with van der Waals surface area (Å²) in [6.45, 7) is 0. The molecular weight excluding hydrogens is 983 g/mol. The van der Waals surface area contributed by atoms with Crippen LogP contribution in [0.3, 0.4) is 0 Å². The lowest BCUT2D eigenvalue weighted by Crippen LogP contribution is -2.09. The number of hydrogen-bond acceptors (Lipinski definition) is 5. The predicted molar refractivity (Wildman–Crippen MR) is 336 cm³/mol. The van der Waals surface area contributed by atoms with Gasteiger partial charge in [-0.1, -0.05) is 237 Å². The summed E-state index contributed by atoms with van der Waals surface area (Å²) in [7, 11) is 0. The van der Waals surface area contributed by atoms with Crippen LogP contribution in [0.15, 0.2) is 309 Å². The van der Waals surface area contributed by atoms with Gasteiger partial charge in [-0.15, -0.1) is 0 Å². The van der Waals surface area contributed by atoms with Gasteiger partial charge in [0.15, 0.2) is 0 Å². The van der Waals surface area contributed by atoms with Crippen LogP contribution < -0.4 is 4.90 Å². The zero-order chi connectivity index (χ0) is 53.9. The van der Waals surface area contributed by atoms with Gasteiger partial charge in [-0.2, -0.15) is 0 Å². The van der Waals surface area contributed by atoms with Crippen LogP contribution in [0.25, 0.3) is 123 Å². The molecule has 0 aliphatic carbocycles. The van der Waals surface area contributed by atoms with E-state index in [1.165, 1.54) is 11.1 Å². The Bertz CT molecular complexity index is 4260. The van der Waals surface area contributed by atoms with Crippen molar-refractivity contribution in [1.29, 1.82) is 0 Å². The molecule has 14 rings (SSSR count). The number of hydrogen-bond donors (Lipinski definition) is 0. The number of rotatable bonds is 12. The molecule has 81 heavy (non-hydrogen) atoms. The summed E-state index contributed by atoms with van der Waals surface area (Å²) in [5, 5.41) is 0. The van der Waals surface area contributed by atoms with Crippen molar-refractivity contribution < 1.29 is 0 Å². The van der Waals surface area contributed by atoms with E-state index in [2.05, 4.69) is 254 Å². The van der Waals surface area contributed by atoms with Gasteiger partial charge in [0.1, 0.15) is 0 Å². The first-order valence-electron chi connectivity index (χ1n) is 27.3. The third-order valence-electron chi connectivity index (χ3n) is 15.1. The minimum atomic E-state index is 0.851. The number of anilines is 3. The Labute approximate surface area is 471 Å². The molecule has 12 aromatic carbocycles. The van der Waals surface area contributed by atoms with Gasteiger partial charge in [0, 0.05) is 39.3 Å². The molecule has 0 spiro atoms. The number of benzene rings is 12. The number of fused-ring (bicyclic) bond motifs is 2. The van der Waals surface area contributed by atoms with Crippen molar-refractivity contribution in [2.24, 2.45) is 0 Å². The summed E-state index contributed by atoms with van der Waals surface area (Å²) in [5.74, 6) is 0. The molecule has 0 bridgehead atoms. The zero-order valence-corrected chi connectivity index (χ0v) is 44.2. The maximum Gasteiger partial charge on any atom is 0.0973 e. The Kier molecular flexibility index (Phi) is 12.9. The molecule has 0 aliphatic rings. The summed E-state index contributed by atoms with van der Waals surface area (Å²) < 4.78 is 0. The van der Waals surface area contributed by atoms with Crippen LogP contribution in [-0.2, 0) is 0 Å². The highest BCUT2D eigenvalue weighted by Gasteiger charge is 2.19. The van der Waals surface area contributed by atoms with Crippen LogP contribution in [0.1, 0.15) is 0 Å². The third kappa shape index (κ3) is 9.93. The van der Waals surface area contributed by atoms with Crippen molar-refractivity contribution in [2.45, 2.75) is 0 Å². The van der Waals surface area contributed by atoms with Crippen molar-refractivity contribution in [3.8, 4) is 101 Å². The van der Waals surface area contributed by atoms with Gasteiger partial charge in [0.05, 0.1) is 44.8 Å². The smallest absolute Gasteiger partial charge is 0.0973 e. The monoisotopic (exact) mass is 1030 g/mol. The quantitative estimate of drug-likeness (QED) is 0.122. The Morgan fingerprint density at radius 2 is 0.370 bits per heavy atom. The first-order chi connectivity index (χ1) is 40.1. The molecule has 5 heteroatoms. The Balaban J connectivity index is 0.767. The highest BCUT2D eigenvalue weighted by atomic mass is 15.1. The van der Waals surface area contributed by atoms with Crippen LogP contribution >= 0.6 is 0 Å². The number of aromatic nitrogens is 4. The fourth-order valence-electron chi connectivity index (χ4n) is 10.9. The van der Waals surface area contributed by atoms with Crippen LogP contribution in [0, 0.1) is 0 Å². The maximum atomic E-state index is 5.23. The minimum Gasteiger partial charge on any atom is -0.311 e. The predicted octanol–water partition coefficient (Wildman–Crippen LogP) is 20.0. The normalized spacial score (nSPS) is 11.2. The molecule has 2 aromatic heterocycles. The molecule has 380 valence electrons. The van der Waals surface area contributed by atoms with E-state index in [4.69, 9.17) is 19.9 Å². The molecule has 0 unspecified atom stereocenters. The average molecular weight is 1030 g/mol. The molecule has 0 N–H and O–H groups in total. The first kappa shape index (κ1) is 48.5. The highest BCUT2D eigenvalue weighted by Crippen LogP contribution is 2.40. The molecular formula is C76H51N5. The van der Waals surface area contributed by atoms with Gasteiger partial charge in [-0.05, 0) is 128 Å². The second-order valence-corrected chi connectivity index (χ2v) is 20.2. The number of para-hydroxylation sites is 4. The van der Waals surface area contributed by atoms with E-state index in [1.807, 2.05) is 60.7 Å². The van der Waals surface area contributed by atoms with E-state index >= 15 is 0 Å². The van der Waals surface area contributed by atoms with Gasteiger partial charge in [-0.25, -0.2) is 19.9 Å². The molecule has 0 saturated heterocycles. The Morgan fingerprint density at radius 1 is 0.160 bits per heavy atom. The topological polar surface area (TPSA) is 54.8 Å². The van der Waals surface area contributed by atoms with E-state index in [9.17, 15) is 0 Å². The summed E-state index contributed by atoms with van der Waals surface area (Å²) in [6.07, 6.45) is 0. The summed E-state index contributed by atoms with van der Waals surface area (Å²) in [4.78, 5) is 23.2. The standard InChI is InChI=1S/C76H51N5/c1-4-16-52(17-5-1)57-38-44-66(45-39-57)81(67-46-40-58(41-47-67)55-30-34-60(35-31-55)73-75(79-71-28-12-10-26-69(71)77-73)64-24-14-22-62(50-64)53-18-6-2-7-19-53)68-48-42-59(43-49-68)56-32-36-61(37-33-56)74-76(80-72-29-13-11-27-70(72)78-74)65-25-15-23-63(51-65)54-20-8-3-9-21-54/h1-51H. The van der Waals surface area contributed by atoms with Crippen molar-refractivity contribution in [3.63, 3.8) is 0 Å². The molecule has 0 saturated carbocycles. The van der Waals surface area contributed by atoms with E-state index in [0.717, 1.165) is 129 Å². The van der Waals surface area contributed by atoms with E-state index in [-0.39, 0.29) is 0 Å². The summed E-state index contributed by atoms with van der Waals surface area (Å²) in [6, 6.07) is 109. The van der Waals surface area contributed by atoms with E-state index < -0.39 is 0 Å². The van der Waals surface area contributed by atoms with Crippen molar-refractivity contribution in [2.75, 3.05) is 4.90 Å². The van der Waals surface area contributed by atoms with Crippen LogP contribution in [0.2, 0.25) is 0 Å².